The number of amides is 1. The first-order valence-electron chi connectivity index (χ1n) is 9.54. The molecule has 0 aliphatic rings. The monoisotopic (exact) mass is 447 g/mol. The number of hydrogen-bond acceptors (Lipinski definition) is 4. The van der Waals surface area contributed by atoms with Crippen molar-refractivity contribution in [2.24, 2.45) is 0 Å². The molecule has 0 bridgehead atoms. The van der Waals surface area contributed by atoms with Crippen molar-refractivity contribution in [1.82, 2.24) is 15.1 Å². The minimum absolute atomic E-state index is 0.0540. The van der Waals surface area contributed by atoms with E-state index in [1.165, 1.54) is 0 Å². The quantitative estimate of drug-likeness (QED) is 0.255. The molecule has 0 aliphatic carbocycles. The lowest BCUT2D eigenvalue weighted by atomic mass is 10.3. The Morgan fingerprint density at radius 1 is 1.11 bits per heavy atom. The summed E-state index contributed by atoms with van der Waals surface area (Å²) < 4.78 is 44.2. The standard InChI is InChI=1S/C17H33F3N3O3PS/c1-6-9-10-26-15(24)11-23(16(25)17(18,19)20)12-27(28,21-13(4)7-2)22-14(5)8-3/h13-14H,6-12H2,1-5H3,(H2,21,22,28). The van der Waals surface area contributed by atoms with Gasteiger partial charge in [-0.15, -0.1) is 0 Å². The van der Waals surface area contributed by atoms with Crippen LogP contribution in [0.1, 0.15) is 60.3 Å². The maximum absolute atomic E-state index is 13.1. The Labute approximate surface area is 171 Å². The van der Waals surface area contributed by atoms with Crippen LogP contribution in [0.5, 0.6) is 0 Å². The van der Waals surface area contributed by atoms with E-state index in [1.54, 1.807) is 0 Å². The fraction of sp³-hybridized carbons (Fsp3) is 0.882. The number of hydrogen-bond donors (Lipinski definition) is 2. The van der Waals surface area contributed by atoms with Crippen LogP contribution >= 0.6 is 6.34 Å². The van der Waals surface area contributed by atoms with Gasteiger partial charge in [0.15, 0.2) is 0 Å². The first-order chi connectivity index (χ1) is 12.9. The summed E-state index contributed by atoms with van der Waals surface area (Å²) in [4.78, 5) is 24.3. The van der Waals surface area contributed by atoms with E-state index in [0.29, 0.717) is 24.2 Å². The van der Waals surface area contributed by atoms with Crippen molar-refractivity contribution in [2.45, 2.75) is 78.6 Å². The maximum Gasteiger partial charge on any atom is 0.471 e. The van der Waals surface area contributed by atoms with E-state index in [9.17, 15) is 22.8 Å². The highest BCUT2D eigenvalue weighted by Crippen LogP contribution is 2.40. The zero-order valence-corrected chi connectivity index (χ0v) is 19.0. The van der Waals surface area contributed by atoms with Gasteiger partial charge in [0.1, 0.15) is 6.54 Å². The number of carbonyl (C=O) groups excluding carboxylic acids is 2. The second-order valence-electron chi connectivity index (χ2n) is 6.83. The smallest absolute Gasteiger partial charge is 0.464 e. The number of carbonyl (C=O) groups is 2. The molecule has 166 valence electrons. The van der Waals surface area contributed by atoms with Gasteiger partial charge < -0.3 is 9.64 Å². The molecule has 0 fully saturated rings. The molecule has 2 N–H and O–H groups in total. The van der Waals surface area contributed by atoms with E-state index in [0.717, 1.165) is 6.42 Å². The van der Waals surface area contributed by atoms with E-state index < -0.39 is 37.2 Å². The Kier molecular flexibility index (Phi) is 12.5. The number of rotatable bonds is 13. The first-order valence-corrected chi connectivity index (χ1v) is 12.5. The molecular weight excluding hydrogens is 414 g/mol. The van der Waals surface area contributed by atoms with Crippen LogP contribution in [-0.2, 0) is 26.1 Å². The van der Waals surface area contributed by atoms with Crippen molar-refractivity contribution >= 4 is 30.0 Å². The van der Waals surface area contributed by atoms with Gasteiger partial charge in [-0.1, -0.05) is 39.0 Å². The summed E-state index contributed by atoms with van der Waals surface area (Å²) in [6.07, 6.45) is -5.50. The van der Waals surface area contributed by atoms with Crippen LogP contribution in [0.2, 0.25) is 0 Å². The normalized spacial score (nSPS) is 16.1. The van der Waals surface area contributed by atoms with Crippen LogP contribution in [0.25, 0.3) is 0 Å². The molecule has 0 heterocycles. The van der Waals surface area contributed by atoms with Gasteiger partial charge in [-0.3, -0.25) is 19.8 Å². The van der Waals surface area contributed by atoms with Crippen molar-refractivity contribution < 1.29 is 27.5 Å². The molecule has 0 aromatic carbocycles. The number of nitrogens with zero attached hydrogens (tertiary/aromatic N) is 1. The summed E-state index contributed by atoms with van der Waals surface area (Å²) in [6.45, 7) is 8.79. The first kappa shape index (κ1) is 27.3. The highest BCUT2D eigenvalue weighted by Gasteiger charge is 2.44. The number of alkyl halides is 3. The van der Waals surface area contributed by atoms with Crippen LogP contribution in [0.15, 0.2) is 0 Å². The summed E-state index contributed by atoms with van der Waals surface area (Å²) in [5.41, 5.74) is 0. The van der Waals surface area contributed by atoms with E-state index in [2.05, 4.69) is 10.2 Å². The highest BCUT2D eigenvalue weighted by molar-refractivity contribution is 8.12. The van der Waals surface area contributed by atoms with Crippen molar-refractivity contribution in [3.8, 4) is 0 Å². The number of ether oxygens (including phenoxy) is 1. The van der Waals surface area contributed by atoms with Crippen LogP contribution in [0.4, 0.5) is 13.2 Å². The average molecular weight is 448 g/mol. The molecule has 28 heavy (non-hydrogen) atoms. The van der Waals surface area contributed by atoms with Gasteiger partial charge in [-0.25, -0.2) is 0 Å². The molecule has 1 amide bonds. The third-order valence-electron chi connectivity index (χ3n) is 4.06. The van der Waals surface area contributed by atoms with E-state index in [4.69, 9.17) is 16.5 Å². The predicted octanol–water partition coefficient (Wildman–Crippen LogP) is 3.76. The molecule has 0 saturated carbocycles. The number of nitrogens with one attached hydrogen (secondary N) is 2. The van der Waals surface area contributed by atoms with Gasteiger partial charge >= 0.3 is 18.1 Å². The van der Waals surface area contributed by atoms with E-state index in [-0.39, 0.29) is 18.7 Å². The highest BCUT2D eigenvalue weighted by atomic mass is 32.4. The minimum atomic E-state index is -5.10. The SMILES string of the molecule is CCCCOC(=O)CN(CP(=S)(NC(C)CC)NC(C)CC)C(=O)C(F)(F)F. The van der Waals surface area contributed by atoms with Gasteiger partial charge in [0.2, 0.25) is 0 Å². The fourth-order valence-corrected chi connectivity index (χ4v) is 6.39. The van der Waals surface area contributed by atoms with Crippen molar-refractivity contribution in [2.75, 3.05) is 19.4 Å². The summed E-state index contributed by atoms with van der Waals surface area (Å²) in [6, 6.07) is -0.108. The summed E-state index contributed by atoms with van der Waals surface area (Å²) >= 11 is 5.64. The van der Waals surface area contributed by atoms with E-state index >= 15 is 0 Å². The molecule has 11 heteroatoms. The molecule has 0 spiro atoms. The van der Waals surface area contributed by atoms with Gasteiger partial charge in [0.05, 0.1) is 19.2 Å². The second-order valence-corrected chi connectivity index (χ2v) is 11.0. The Hall–Kier alpha value is -0.700. The van der Waals surface area contributed by atoms with Gasteiger partial charge in [-0.2, -0.15) is 13.2 Å². The molecule has 0 rings (SSSR count). The zero-order valence-electron chi connectivity index (χ0n) is 17.3. The van der Waals surface area contributed by atoms with Gasteiger partial charge in [0, 0.05) is 12.1 Å². The third kappa shape index (κ3) is 10.7. The summed E-state index contributed by atoms with van der Waals surface area (Å²) in [5.74, 6) is -2.97. The number of halogens is 3. The van der Waals surface area contributed by atoms with Gasteiger partial charge in [0.25, 0.3) is 0 Å². The molecule has 0 aromatic rings. The molecule has 0 aromatic heterocycles. The Morgan fingerprint density at radius 3 is 2.00 bits per heavy atom. The molecule has 2 unspecified atom stereocenters. The molecule has 0 saturated heterocycles. The molecule has 0 aliphatic heterocycles. The largest absolute Gasteiger partial charge is 0.471 e. The second kappa shape index (κ2) is 12.8. The molecule has 2 atom stereocenters. The zero-order chi connectivity index (χ0) is 22.0. The Bertz CT molecular complexity index is 533. The minimum Gasteiger partial charge on any atom is -0.464 e. The third-order valence-corrected chi connectivity index (χ3v) is 7.50. The van der Waals surface area contributed by atoms with Crippen molar-refractivity contribution in [1.29, 1.82) is 0 Å². The van der Waals surface area contributed by atoms with Crippen molar-refractivity contribution in [3.63, 3.8) is 0 Å². The predicted molar refractivity (Wildman–Crippen MR) is 109 cm³/mol. The van der Waals surface area contributed by atoms with Crippen LogP contribution < -0.4 is 10.2 Å². The summed E-state index contributed by atoms with van der Waals surface area (Å²) in [7, 11) is 0. The van der Waals surface area contributed by atoms with Gasteiger partial charge in [-0.05, 0) is 33.1 Å². The fourth-order valence-electron chi connectivity index (χ4n) is 2.15. The number of esters is 1. The molecule has 6 nitrogen and oxygen atoms in total. The van der Waals surface area contributed by atoms with Crippen LogP contribution in [0.3, 0.4) is 0 Å². The number of unbranched alkanes of at least 4 members (excludes halogenated alkanes) is 1. The van der Waals surface area contributed by atoms with Crippen LogP contribution in [0, 0.1) is 0 Å². The Balaban J connectivity index is 5.53. The summed E-state index contributed by atoms with van der Waals surface area (Å²) in [5, 5.41) is 6.34. The van der Waals surface area contributed by atoms with Crippen molar-refractivity contribution in [3.05, 3.63) is 0 Å². The maximum atomic E-state index is 13.1. The molecular formula is C17H33F3N3O3PS. The lowest BCUT2D eigenvalue weighted by molar-refractivity contribution is -0.186. The topological polar surface area (TPSA) is 70.7 Å². The average Bonchev–Trinajstić information content (AvgIpc) is 2.59. The lowest BCUT2D eigenvalue weighted by Gasteiger charge is -2.35. The molecule has 0 radical (unpaired) electrons. The van der Waals surface area contributed by atoms with E-state index in [1.807, 2.05) is 34.6 Å². The van der Waals surface area contributed by atoms with Crippen LogP contribution in [-0.4, -0.2) is 54.5 Å². The Morgan fingerprint density at radius 2 is 1.61 bits per heavy atom. The lowest BCUT2D eigenvalue weighted by Crippen LogP contribution is -2.47.